The van der Waals surface area contributed by atoms with Crippen molar-refractivity contribution in [2.75, 3.05) is 5.32 Å². The zero-order valence-electron chi connectivity index (χ0n) is 20.2. The number of rotatable bonds is 9. The van der Waals surface area contributed by atoms with Crippen LogP contribution in [0.4, 0.5) is 5.69 Å². The summed E-state index contributed by atoms with van der Waals surface area (Å²) < 4.78 is 5.27. The molecule has 6 heteroatoms. The third-order valence-electron chi connectivity index (χ3n) is 6.62. The van der Waals surface area contributed by atoms with E-state index < -0.39 is 0 Å². The van der Waals surface area contributed by atoms with Gasteiger partial charge in [-0.3, -0.25) is 9.59 Å². The van der Waals surface area contributed by atoms with Crippen LogP contribution in [0.25, 0.3) is 0 Å². The summed E-state index contributed by atoms with van der Waals surface area (Å²) in [6, 6.07) is 29.1. The highest BCUT2D eigenvalue weighted by Gasteiger charge is 2.39. The number of amides is 2. The summed E-state index contributed by atoms with van der Waals surface area (Å²) in [5.41, 5.74) is 4.36. The van der Waals surface area contributed by atoms with Crippen LogP contribution in [0, 0.1) is 0 Å². The first-order valence-corrected chi connectivity index (χ1v) is 12.2. The largest absolute Gasteiger partial charge is 0.467 e. The maximum Gasteiger partial charge on any atom is 0.256 e. The average molecular weight is 480 g/mol. The van der Waals surface area contributed by atoms with E-state index in [-0.39, 0.29) is 24.0 Å². The van der Waals surface area contributed by atoms with Crippen molar-refractivity contribution in [3.05, 3.63) is 125 Å². The van der Waals surface area contributed by atoms with E-state index in [9.17, 15) is 9.59 Å². The van der Waals surface area contributed by atoms with Crippen LogP contribution in [0.1, 0.15) is 57.1 Å². The fourth-order valence-electron chi connectivity index (χ4n) is 4.66. The minimum absolute atomic E-state index is 0.0363. The van der Waals surface area contributed by atoms with Gasteiger partial charge in [-0.05, 0) is 67.8 Å². The molecule has 0 radical (unpaired) electrons. The number of hydrogen-bond donors (Lipinski definition) is 2. The molecule has 5 rings (SSSR count). The van der Waals surface area contributed by atoms with Crippen molar-refractivity contribution in [1.82, 2.24) is 10.2 Å². The van der Waals surface area contributed by atoms with E-state index in [4.69, 9.17) is 4.42 Å². The molecule has 0 bridgehead atoms. The summed E-state index contributed by atoms with van der Waals surface area (Å²) in [6.07, 6.45) is 3.06. The van der Waals surface area contributed by atoms with Crippen molar-refractivity contribution in [3.8, 4) is 0 Å². The van der Waals surface area contributed by atoms with Crippen molar-refractivity contribution >= 4 is 17.5 Å². The Hall–Kier alpha value is -4.32. The van der Waals surface area contributed by atoms with Crippen molar-refractivity contribution in [2.45, 2.75) is 38.5 Å². The smallest absolute Gasteiger partial charge is 0.256 e. The molecular weight excluding hydrogens is 450 g/mol. The SMILES string of the molecule is CC(CCc1ccccc1)N1C(=O)c2ccccc2C1Nc1ccc(C(=O)NCc2ccco2)cc1. The molecule has 2 N–H and O–H groups in total. The molecule has 6 nitrogen and oxygen atoms in total. The fraction of sp³-hybridized carbons (Fsp3) is 0.200. The Morgan fingerprint density at radius 2 is 1.69 bits per heavy atom. The van der Waals surface area contributed by atoms with E-state index in [1.54, 1.807) is 24.5 Å². The van der Waals surface area contributed by atoms with E-state index >= 15 is 0 Å². The monoisotopic (exact) mass is 479 g/mol. The number of nitrogens with one attached hydrogen (secondary N) is 2. The molecule has 0 saturated heterocycles. The Kier molecular flexibility index (Phi) is 6.85. The number of aryl methyl sites for hydroxylation is 1. The van der Waals surface area contributed by atoms with Crippen molar-refractivity contribution < 1.29 is 14.0 Å². The van der Waals surface area contributed by atoms with Gasteiger partial charge in [0.15, 0.2) is 0 Å². The number of carbonyl (C=O) groups is 2. The molecule has 0 aliphatic carbocycles. The lowest BCUT2D eigenvalue weighted by Crippen LogP contribution is -2.39. The molecule has 0 saturated carbocycles. The second-order valence-electron chi connectivity index (χ2n) is 9.06. The van der Waals surface area contributed by atoms with Gasteiger partial charge in [0, 0.05) is 28.4 Å². The van der Waals surface area contributed by atoms with Gasteiger partial charge in [0.2, 0.25) is 0 Å². The van der Waals surface area contributed by atoms with E-state index in [2.05, 4.69) is 29.7 Å². The van der Waals surface area contributed by atoms with Gasteiger partial charge in [0.05, 0.1) is 12.8 Å². The van der Waals surface area contributed by atoms with Gasteiger partial charge in [-0.25, -0.2) is 0 Å². The van der Waals surface area contributed by atoms with Crippen molar-refractivity contribution in [3.63, 3.8) is 0 Å². The zero-order valence-corrected chi connectivity index (χ0v) is 20.2. The third kappa shape index (κ3) is 5.03. The highest BCUT2D eigenvalue weighted by molar-refractivity contribution is 6.00. The molecule has 182 valence electrons. The molecule has 1 aliphatic heterocycles. The Morgan fingerprint density at radius 1 is 0.944 bits per heavy atom. The number of fused-ring (bicyclic) bond motifs is 1. The van der Waals surface area contributed by atoms with Crippen LogP contribution in [0.5, 0.6) is 0 Å². The minimum Gasteiger partial charge on any atom is -0.467 e. The summed E-state index contributed by atoms with van der Waals surface area (Å²) in [5, 5.41) is 6.39. The molecular formula is C30H29N3O3. The van der Waals surface area contributed by atoms with E-state index in [1.165, 1.54) is 5.56 Å². The number of benzene rings is 3. The van der Waals surface area contributed by atoms with Crippen molar-refractivity contribution in [2.24, 2.45) is 0 Å². The standard InChI is InChI=1S/C30H29N3O3/c1-21(13-14-22-8-3-2-4-9-22)33-28(26-11-5-6-12-27(26)30(33)35)32-24-17-15-23(16-18-24)29(34)31-20-25-10-7-19-36-25/h2-12,15-19,21,28,32H,13-14,20H2,1H3,(H,31,34). The van der Waals surface area contributed by atoms with Gasteiger partial charge in [0.25, 0.3) is 11.8 Å². The van der Waals surface area contributed by atoms with Crippen molar-refractivity contribution in [1.29, 1.82) is 0 Å². The Labute approximate surface area is 210 Å². The minimum atomic E-state index is -0.280. The van der Waals surface area contributed by atoms with Crippen LogP contribution in [0.15, 0.2) is 102 Å². The first kappa shape index (κ1) is 23.4. The van der Waals surface area contributed by atoms with Gasteiger partial charge in [-0.2, -0.15) is 0 Å². The molecule has 1 aliphatic rings. The van der Waals surface area contributed by atoms with Crippen LogP contribution in [-0.2, 0) is 13.0 Å². The molecule has 0 fully saturated rings. The predicted molar refractivity (Wildman–Crippen MR) is 140 cm³/mol. The molecule has 3 aromatic carbocycles. The lowest BCUT2D eigenvalue weighted by atomic mass is 10.0. The summed E-state index contributed by atoms with van der Waals surface area (Å²) in [6.45, 7) is 2.44. The second-order valence-corrected chi connectivity index (χ2v) is 9.06. The summed E-state index contributed by atoms with van der Waals surface area (Å²) in [4.78, 5) is 27.8. The van der Waals surface area contributed by atoms with Crippen LogP contribution in [-0.4, -0.2) is 22.8 Å². The molecule has 0 spiro atoms. The number of carbonyl (C=O) groups excluding carboxylic acids is 2. The van der Waals surface area contributed by atoms with Gasteiger partial charge in [-0.1, -0.05) is 48.5 Å². The number of nitrogens with zero attached hydrogens (tertiary/aromatic N) is 1. The first-order chi connectivity index (χ1) is 17.6. The molecule has 2 amide bonds. The molecule has 36 heavy (non-hydrogen) atoms. The van der Waals surface area contributed by atoms with Gasteiger partial charge in [-0.15, -0.1) is 0 Å². The number of hydrogen-bond acceptors (Lipinski definition) is 4. The molecule has 2 atom stereocenters. The van der Waals surface area contributed by atoms with Crippen LogP contribution in [0.3, 0.4) is 0 Å². The summed E-state index contributed by atoms with van der Waals surface area (Å²) in [7, 11) is 0. The quantitative estimate of drug-likeness (QED) is 0.318. The molecule has 4 aromatic rings. The maximum absolute atomic E-state index is 13.4. The highest BCUT2D eigenvalue weighted by atomic mass is 16.3. The van der Waals surface area contributed by atoms with E-state index in [0.717, 1.165) is 29.7 Å². The van der Waals surface area contributed by atoms with Gasteiger partial charge < -0.3 is 20.0 Å². The van der Waals surface area contributed by atoms with E-state index in [0.29, 0.717) is 17.9 Å². The number of furan rings is 1. The molecule has 2 unspecified atom stereocenters. The normalized spacial score (nSPS) is 15.4. The summed E-state index contributed by atoms with van der Waals surface area (Å²) in [5.74, 6) is 0.570. The van der Waals surface area contributed by atoms with Crippen LogP contribution >= 0.6 is 0 Å². The van der Waals surface area contributed by atoms with E-state index in [1.807, 2.05) is 65.6 Å². The van der Waals surface area contributed by atoms with Crippen LogP contribution < -0.4 is 10.6 Å². The van der Waals surface area contributed by atoms with Crippen LogP contribution in [0.2, 0.25) is 0 Å². The highest BCUT2D eigenvalue weighted by Crippen LogP contribution is 2.36. The Balaban J connectivity index is 1.29. The lowest BCUT2D eigenvalue weighted by molar-refractivity contribution is 0.0659. The third-order valence-corrected chi connectivity index (χ3v) is 6.62. The average Bonchev–Trinajstić information content (AvgIpc) is 3.54. The first-order valence-electron chi connectivity index (χ1n) is 12.2. The fourth-order valence-corrected chi connectivity index (χ4v) is 4.66. The zero-order chi connectivity index (χ0) is 24.9. The summed E-state index contributed by atoms with van der Waals surface area (Å²) >= 11 is 0. The van der Waals surface area contributed by atoms with Gasteiger partial charge in [0.1, 0.15) is 11.9 Å². The molecule has 2 heterocycles. The second kappa shape index (κ2) is 10.5. The maximum atomic E-state index is 13.4. The topological polar surface area (TPSA) is 74.6 Å². The Morgan fingerprint density at radius 3 is 2.44 bits per heavy atom. The Bertz CT molecular complexity index is 1320. The predicted octanol–water partition coefficient (Wildman–Crippen LogP) is 5.80. The number of anilines is 1. The lowest BCUT2D eigenvalue weighted by Gasteiger charge is -2.32. The molecule has 1 aromatic heterocycles. The van der Waals surface area contributed by atoms with Gasteiger partial charge >= 0.3 is 0 Å².